The van der Waals surface area contributed by atoms with E-state index in [1.165, 1.54) is 11.1 Å². The van der Waals surface area contributed by atoms with Gasteiger partial charge in [-0.3, -0.25) is 0 Å². The average molecular weight is 468 g/mol. The molecular formula is C25H26ClN3O4. The van der Waals surface area contributed by atoms with Gasteiger partial charge in [-0.15, -0.1) is 0 Å². The van der Waals surface area contributed by atoms with Crippen LogP contribution in [0, 0.1) is 0 Å². The molecule has 4 rings (SSSR count). The molecule has 0 saturated heterocycles. The highest BCUT2D eigenvalue weighted by Crippen LogP contribution is 2.34. The smallest absolute Gasteiger partial charge is 0.404 e. The van der Waals surface area contributed by atoms with E-state index in [9.17, 15) is 4.79 Å². The second-order valence-electron chi connectivity index (χ2n) is 8.55. The summed E-state index contributed by atoms with van der Waals surface area (Å²) < 4.78 is 16.7. The van der Waals surface area contributed by atoms with Crippen molar-refractivity contribution in [2.75, 3.05) is 0 Å². The lowest BCUT2D eigenvalue weighted by Crippen LogP contribution is -2.41. The summed E-state index contributed by atoms with van der Waals surface area (Å²) in [5.41, 5.74) is 7.90. The van der Waals surface area contributed by atoms with Crippen molar-refractivity contribution in [1.29, 1.82) is 0 Å². The number of nitrogens with two attached hydrogens (primary N) is 1. The van der Waals surface area contributed by atoms with E-state index in [2.05, 4.69) is 48.1 Å². The molecule has 7 nitrogen and oxygen atoms in total. The van der Waals surface area contributed by atoms with Crippen LogP contribution in [0.2, 0.25) is 5.28 Å². The second kappa shape index (κ2) is 9.67. The van der Waals surface area contributed by atoms with Crippen molar-refractivity contribution in [3.8, 4) is 11.5 Å². The predicted molar refractivity (Wildman–Crippen MR) is 124 cm³/mol. The molecule has 0 atom stereocenters. The SMILES string of the molecule is CC(C)(c1ccc(OCc2ccnc(Cl)n2)cc1)c1ccc(OC2CC(OC(N)=O)C2)cc1. The van der Waals surface area contributed by atoms with E-state index in [1.54, 1.807) is 12.3 Å². The topological polar surface area (TPSA) is 96.6 Å². The van der Waals surface area contributed by atoms with Gasteiger partial charge in [0.05, 0.1) is 5.69 Å². The minimum atomic E-state index is -0.736. The largest absolute Gasteiger partial charge is 0.490 e. The van der Waals surface area contributed by atoms with Gasteiger partial charge in [-0.2, -0.15) is 0 Å². The minimum absolute atomic E-state index is 0.0409. The molecule has 2 N–H and O–H groups in total. The van der Waals surface area contributed by atoms with E-state index in [4.69, 9.17) is 31.5 Å². The van der Waals surface area contributed by atoms with Gasteiger partial charge in [0.2, 0.25) is 5.28 Å². The average Bonchev–Trinajstić information content (AvgIpc) is 2.77. The molecule has 1 amide bonds. The number of halogens is 1. The molecule has 8 heteroatoms. The molecule has 1 fully saturated rings. The maximum absolute atomic E-state index is 10.8. The zero-order chi connectivity index (χ0) is 23.4. The van der Waals surface area contributed by atoms with E-state index < -0.39 is 6.09 Å². The lowest BCUT2D eigenvalue weighted by Gasteiger charge is -2.34. The van der Waals surface area contributed by atoms with Crippen molar-refractivity contribution in [3.05, 3.63) is 82.9 Å². The molecule has 0 unspecified atom stereocenters. The fraction of sp³-hybridized carbons (Fsp3) is 0.320. The monoisotopic (exact) mass is 467 g/mol. The number of rotatable bonds is 8. The van der Waals surface area contributed by atoms with Gasteiger partial charge in [-0.05, 0) is 53.1 Å². The maximum Gasteiger partial charge on any atom is 0.404 e. The molecule has 0 radical (unpaired) electrons. The Morgan fingerprint density at radius 2 is 1.61 bits per heavy atom. The first-order valence-corrected chi connectivity index (χ1v) is 11.1. The van der Waals surface area contributed by atoms with Crippen LogP contribution in [0.5, 0.6) is 11.5 Å². The molecule has 1 aliphatic rings. The van der Waals surface area contributed by atoms with Crippen molar-refractivity contribution in [2.45, 2.75) is 50.9 Å². The zero-order valence-electron chi connectivity index (χ0n) is 18.5. The van der Waals surface area contributed by atoms with Crippen LogP contribution in [0.25, 0.3) is 0 Å². The number of carbonyl (C=O) groups excluding carboxylic acids is 1. The number of ether oxygens (including phenoxy) is 3. The molecule has 2 aromatic carbocycles. The lowest BCUT2D eigenvalue weighted by atomic mass is 9.78. The number of hydrogen-bond donors (Lipinski definition) is 1. The normalized spacial score (nSPS) is 17.7. The highest BCUT2D eigenvalue weighted by molar-refractivity contribution is 6.28. The van der Waals surface area contributed by atoms with Crippen LogP contribution in [0.1, 0.15) is 43.5 Å². The zero-order valence-corrected chi connectivity index (χ0v) is 19.3. The predicted octanol–water partition coefficient (Wildman–Crippen LogP) is 5.04. The summed E-state index contributed by atoms with van der Waals surface area (Å²) in [6, 6.07) is 17.9. The summed E-state index contributed by atoms with van der Waals surface area (Å²) in [4.78, 5) is 18.8. The third-order valence-corrected chi connectivity index (χ3v) is 6.04. The Bertz CT molecular complexity index is 1100. The van der Waals surface area contributed by atoms with Crippen LogP contribution in [0.3, 0.4) is 0 Å². The van der Waals surface area contributed by atoms with Crippen LogP contribution in [0.15, 0.2) is 60.8 Å². The van der Waals surface area contributed by atoms with Crippen LogP contribution in [-0.4, -0.2) is 28.3 Å². The van der Waals surface area contributed by atoms with E-state index in [0.717, 1.165) is 17.2 Å². The minimum Gasteiger partial charge on any atom is -0.490 e. The first-order valence-electron chi connectivity index (χ1n) is 10.7. The summed E-state index contributed by atoms with van der Waals surface area (Å²) >= 11 is 5.82. The second-order valence-corrected chi connectivity index (χ2v) is 8.89. The van der Waals surface area contributed by atoms with Gasteiger partial charge in [0.1, 0.15) is 30.3 Å². The molecule has 0 bridgehead atoms. The highest BCUT2D eigenvalue weighted by atomic mass is 35.5. The van der Waals surface area contributed by atoms with Crippen molar-refractivity contribution < 1.29 is 19.0 Å². The summed E-state index contributed by atoms with van der Waals surface area (Å²) in [7, 11) is 0. The quantitative estimate of drug-likeness (QED) is 0.466. The molecule has 0 aliphatic heterocycles. The maximum atomic E-state index is 10.8. The standard InChI is InChI=1S/C25H26ClN3O4/c1-25(2,16-3-7-19(8-4-16)31-15-18-11-12-28-23(26)29-18)17-5-9-20(10-6-17)32-21-13-22(14-21)33-24(27)30/h3-12,21-22H,13-15H2,1-2H3,(H2,27,30). The van der Waals surface area contributed by atoms with Crippen molar-refractivity contribution in [2.24, 2.45) is 5.73 Å². The molecule has 1 saturated carbocycles. The van der Waals surface area contributed by atoms with Gasteiger partial charge in [0, 0.05) is 24.5 Å². The molecule has 1 aliphatic carbocycles. The number of carbonyl (C=O) groups is 1. The number of benzene rings is 2. The Morgan fingerprint density at radius 1 is 1.00 bits per heavy atom. The Balaban J connectivity index is 1.34. The Hall–Kier alpha value is -3.32. The van der Waals surface area contributed by atoms with Gasteiger partial charge in [-0.1, -0.05) is 38.1 Å². The Labute approximate surface area is 197 Å². The summed E-state index contributed by atoms with van der Waals surface area (Å²) in [6.07, 6.45) is 2.09. The number of nitrogens with zero attached hydrogens (tertiary/aromatic N) is 2. The van der Waals surface area contributed by atoms with Gasteiger partial charge >= 0.3 is 6.09 Å². The fourth-order valence-corrected chi connectivity index (χ4v) is 3.92. The van der Waals surface area contributed by atoms with Gasteiger partial charge in [0.15, 0.2) is 0 Å². The van der Waals surface area contributed by atoms with Crippen LogP contribution >= 0.6 is 11.6 Å². The van der Waals surface area contributed by atoms with Crippen molar-refractivity contribution >= 4 is 17.7 Å². The molecule has 0 spiro atoms. The lowest BCUT2D eigenvalue weighted by molar-refractivity contribution is -0.0197. The third-order valence-electron chi connectivity index (χ3n) is 5.86. The van der Waals surface area contributed by atoms with E-state index in [0.29, 0.717) is 19.4 Å². The highest BCUT2D eigenvalue weighted by Gasteiger charge is 2.33. The Kier molecular flexibility index (Phi) is 6.70. The molecule has 172 valence electrons. The molecule has 3 aromatic rings. The van der Waals surface area contributed by atoms with Gasteiger partial charge in [0.25, 0.3) is 0 Å². The van der Waals surface area contributed by atoms with Crippen molar-refractivity contribution in [1.82, 2.24) is 9.97 Å². The van der Waals surface area contributed by atoms with E-state index >= 15 is 0 Å². The van der Waals surface area contributed by atoms with Gasteiger partial charge < -0.3 is 19.9 Å². The molecule has 1 heterocycles. The van der Waals surface area contributed by atoms with E-state index in [1.807, 2.05) is 24.3 Å². The number of amides is 1. The van der Waals surface area contributed by atoms with Crippen LogP contribution < -0.4 is 15.2 Å². The fourth-order valence-electron chi connectivity index (χ4n) is 3.76. The first kappa shape index (κ1) is 22.9. The van der Waals surface area contributed by atoms with Gasteiger partial charge in [-0.25, -0.2) is 14.8 Å². The summed E-state index contributed by atoms with van der Waals surface area (Å²) in [5.74, 6) is 1.55. The Morgan fingerprint density at radius 3 is 2.18 bits per heavy atom. The first-order chi connectivity index (χ1) is 15.8. The van der Waals surface area contributed by atoms with Crippen molar-refractivity contribution in [3.63, 3.8) is 0 Å². The van der Waals surface area contributed by atoms with Crippen LogP contribution in [0.4, 0.5) is 4.79 Å². The van der Waals surface area contributed by atoms with Crippen LogP contribution in [-0.2, 0) is 16.8 Å². The van der Waals surface area contributed by atoms with E-state index in [-0.39, 0.29) is 22.9 Å². The number of primary amides is 1. The summed E-state index contributed by atoms with van der Waals surface area (Å²) in [6.45, 7) is 4.68. The number of aromatic nitrogens is 2. The molecular weight excluding hydrogens is 442 g/mol. The molecule has 1 aromatic heterocycles. The summed E-state index contributed by atoms with van der Waals surface area (Å²) in [5, 5.41) is 0.207. The third kappa shape index (κ3) is 5.73. The number of hydrogen-bond acceptors (Lipinski definition) is 6. The molecule has 33 heavy (non-hydrogen) atoms.